The topological polar surface area (TPSA) is 0 Å². The molecule has 0 N–H and O–H groups in total. The number of thiol groups is 1. The molecular weight excluding hydrogens is 448 g/mol. The van der Waals surface area contributed by atoms with Gasteiger partial charge in [0.1, 0.15) is 0 Å². The van der Waals surface area contributed by atoms with Crippen LogP contribution in [0.3, 0.4) is 0 Å². The van der Waals surface area contributed by atoms with Gasteiger partial charge in [-0.05, 0) is 52.1 Å². The van der Waals surface area contributed by atoms with Crippen LogP contribution in [0.15, 0.2) is 124 Å². The molecule has 2 heteroatoms. The molecule has 159 valence electrons. The fraction of sp³-hybridized carbons (Fsp3) is 0. The third-order valence-electron chi connectivity index (χ3n) is 7.08. The number of fused-ring (bicyclic) bond motifs is 10. The molecule has 8 rings (SSSR count). The lowest BCUT2D eigenvalue weighted by Crippen LogP contribution is -1.87. The van der Waals surface area contributed by atoms with Gasteiger partial charge in [0, 0.05) is 45.8 Å². The maximum Gasteiger partial charge on any atom is 0.0362 e. The Morgan fingerprint density at radius 3 is 2.35 bits per heavy atom. The zero-order valence-corrected chi connectivity index (χ0v) is 20.0. The van der Waals surface area contributed by atoms with Gasteiger partial charge in [0.25, 0.3) is 0 Å². The van der Waals surface area contributed by atoms with Crippen LogP contribution in [-0.2, 0) is 0 Å². The standard InChI is InChI=1S/C32H19S2/c1-2-10-22-20(8-1)17-19-29-31(22)24-12-4-6-14-27(24)34(29)28-15-7-9-21-16-18-26-32(30(21)28)23-11-3-5-13-25(23)33-26/h1-13,15-19,34H. The molecule has 0 aliphatic carbocycles. The van der Waals surface area contributed by atoms with Gasteiger partial charge >= 0.3 is 0 Å². The molecule has 1 radical (unpaired) electrons. The molecule has 1 aliphatic rings. The van der Waals surface area contributed by atoms with E-state index in [1.165, 1.54) is 67.5 Å². The average Bonchev–Trinajstić information content (AvgIpc) is 3.44. The van der Waals surface area contributed by atoms with E-state index in [9.17, 15) is 0 Å². The second kappa shape index (κ2) is 6.96. The summed E-state index contributed by atoms with van der Waals surface area (Å²) in [4.78, 5) is 4.25. The number of hydrogen-bond acceptors (Lipinski definition) is 1. The minimum Gasteiger partial charge on any atom is -0.170 e. The summed E-state index contributed by atoms with van der Waals surface area (Å²) in [7, 11) is -0.706. The van der Waals surface area contributed by atoms with Crippen molar-refractivity contribution >= 4 is 63.9 Å². The molecule has 1 aliphatic heterocycles. The molecule has 0 spiro atoms. The van der Waals surface area contributed by atoms with Gasteiger partial charge < -0.3 is 0 Å². The SMILES string of the molecule is [c]1cccc2c1[SH](c1cccc3ccc4sc5ccccc5c4c13)c1ccc3ccccc3c1-2. The maximum absolute atomic E-state index is 3.68. The van der Waals surface area contributed by atoms with Crippen molar-refractivity contribution in [1.82, 2.24) is 0 Å². The zero-order chi connectivity index (χ0) is 22.2. The molecule has 0 fully saturated rings. The Morgan fingerprint density at radius 2 is 1.38 bits per heavy atom. The third-order valence-corrected chi connectivity index (χ3v) is 10.7. The fourth-order valence-corrected chi connectivity index (χ4v) is 9.55. The van der Waals surface area contributed by atoms with Crippen molar-refractivity contribution in [2.45, 2.75) is 14.7 Å². The molecule has 34 heavy (non-hydrogen) atoms. The number of thiophene rings is 1. The highest BCUT2D eigenvalue weighted by molar-refractivity contribution is 8.17. The Bertz CT molecular complexity index is 1930. The van der Waals surface area contributed by atoms with Crippen molar-refractivity contribution < 1.29 is 0 Å². The van der Waals surface area contributed by atoms with Crippen LogP contribution in [0, 0.1) is 6.07 Å². The van der Waals surface area contributed by atoms with E-state index in [0.29, 0.717) is 0 Å². The quantitative estimate of drug-likeness (QED) is 0.228. The Balaban J connectivity index is 1.54. The van der Waals surface area contributed by atoms with Gasteiger partial charge in [-0.1, -0.05) is 84.9 Å². The summed E-state index contributed by atoms with van der Waals surface area (Å²) in [5.74, 6) is 0. The van der Waals surface area contributed by atoms with Crippen molar-refractivity contribution in [3.8, 4) is 11.1 Å². The lowest BCUT2D eigenvalue weighted by molar-refractivity contribution is 1.43. The molecule has 7 aromatic rings. The molecular formula is C32H19S2. The van der Waals surface area contributed by atoms with E-state index in [4.69, 9.17) is 0 Å². The lowest BCUT2D eigenvalue weighted by Gasteiger charge is -2.22. The molecule has 1 aromatic heterocycles. The van der Waals surface area contributed by atoms with E-state index in [1.54, 1.807) is 0 Å². The van der Waals surface area contributed by atoms with Crippen LogP contribution >= 0.6 is 22.2 Å². The van der Waals surface area contributed by atoms with E-state index < -0.39 is 10.9 Å². The average molecular weight is 468 g/mol. The number of rotatable bonds is 1. The summed E-state index contributed by atoms with van der Waals surface area (Å²) in [6.07, 6.45) is 0. The van der Waals surface area contributed by atoms with Crippen LogP contribution in [0.25, 0.3) is 52.8 Å². The van der Waals surface area contributed by atoms with Gasteiger partial charge in [0.2, 0.25) is 0 Å². The maximum atomic E-state index is 3.68. The van der Waals surface area contributed by atoms with Gasteiger partial charge in [-0.2, -0.15) is 10.9 Å². The molecule has 1 atom stereocenters. The van der Waals surface area contributed by atoms with Crippen LogP contribution in [0.4, 0.5) is 0 Å². The van der Waals surface area contributed by atoms with Gasteiger partial charge in [-0.3, -0.25) is 0 Å². The summed E-state index contributed by atoms with van der Waals surface area (Å²) in [5, 5.41) is 8.15. The normalized spacial score (nSPS) is 15.8. The van der Waals surface area contributed by atoms with Crippen LogP contribution < -0.4 is 0 Å². The first kappa shape index (κ1) is 18.8. The summed E-state index contributed by atoms with van der Waals surface area (Å²) in [6.45, 7) is 0. The predicted molar refractivity (Wildman–Crippen MR) is 149 cm³/mol. The lowest BCUT2D eigenvalue weighted by atomic mass is 9.98. The molecule has 0 saturated carbocycles. The van der Waals surface area contributed by atoms with Gasteiger partial charge in [-0.25, -0.2) is 0 Å². The van der Waals surface area contributed by atoms with Crippen molar-refractivity contribution in [1.29, 1.82) is 0 Å². The van der Waals surface area contributed by atoms with E-state index in [2.05, 4.69) is 115 Å². The van der Waals surface area contributed by atoms with Crippen LogP contribution in [0.2, 0.25) is 0 Å². The molecule has 0 bridgehead atoms. The van der Waals surface area contributed by atoms with E-state index in [1.807, 2.05) is 11.3 Å². The first-order valence-electron chi connectivity index (χ1n) is 11.5. The van der Waals surface area contributed by atoms with E-state index in [0.717, 1.165) is 0 Å². The Hall–Kier alpha value is -3.59. The summed E-state index contributed by atoms with van der Waals surface area (Å²) in [5.41, 5.74) is 2.75. The third kappa shape index (κ3) is 2.45. The Kier molecular flexibility index (Phi) is 3.85. The highest BCUT2D eigenvalue weighted by Crippen LogP contribution is 2.65. The number of hydrogen-bond donors (Lipinski definition) is 1. The van der Waals surface area contributed by atoms with E-state index in [-0.39, 0.29) is 0 Å². The minimum absolute atomic E-state index is 0.706. The van der Waals surface area contributed by atoms with Crippen LogP contribution in [-0.4, -0.2) is 0 Å². The van der Waals surface area contributed by atoms with Crippen LogP contribution in [0.5, 0.6) is 0 Å². The summed E-state index contributed by atoms with van der Waals surface area (Å²) in [6, 6.07) is 44.0. The second-order valence-electron chi connectivity index (χ2n) is 8.86. The molecule has 0 saturated heterocycles. The first-order valence-corrected chi connectivity index (χ1v) is 13.7. The largest absolute Gasteiger partial charge is 0.170 e. The molecule has 2 heterocycles. The molecule has 0 nitrogen and oxygen atoms in total. The Labute approximate surface area is 204 Å². The van der Waals surface area contributed by atoms with E-state index >= 15 is 0 Å². The highest BCUT2D eigenvalue weighted by atomic mass is 32.2. The second-order valence-corrected chi connectivity index (χ2v) is 12.0. The van der Waals surface area contributed by atoms with Crippen LogP contribution in [0.1, 0.15) is 0 Å². The van der Waals surface area contributed by atoms with Gasteiger partial charge in [0.05, 0.1) is 0 Å². The Morgan fingerprint density at radius 1 is 0.559 bits per heavy atom. The molecule has 6 aromatic carbocycles. The van der Waals surface area contributed by atoms with Crippen molar-refractivity contribution in [3.05, 3.63) is 115 Å². The monoisotopic (exact) mass is 467 g/mol. The van der Waals surface area contributed by atoms with Crippen molar-refractivity contribution in [2.75, 3.05) is 0 Å². The molecule has 1 unspecified atom stereocenters. The number of benzene rings is 6. The van der Waals surface area contributed by atoms with Crippen molar-refractivity contribution in [3.63, 3.8) is 0 Å². The summed E-state index contributed by atoms with van der Waals surface area (Å²) < 4.78 is 2.73. The van der Waals surface area contributed by atoms with Gasteiger partial charge in [-0.15, -0.1) is 11.3 Å². The summed E-state index contributed by atoms with van der Waals surface area (Å²) >= 11 is 1.90. The first-order chi connectivity index (χ1) is 16.9. The smallest absolute Gasteiger partial charge is 0.0362 e. The predicted octanol–water partition coefficient (Wildman–Crippen LogP) is 9.62. The van der Waals surface area contributed by atoms with Gasteiger partial charge in [0.15, 0.2) is 0 Å². The molecule has 0 amide bonds. The zero-order valence-electron chi connectivity index (χ0n) is 18.2. The highest BCUT2D eigenvalue weighted by Gasteiger charge is 2.30. The van der Waals surface area contributed by atoms with Crippen molar-refractivity contribution in [2.24, 2.45) is 0 Å². The minimum atomic E-state index is -0.706. The fourth-order valence-electron chi connectivity index (χ4n) is 5.68.